The van der Waals surface area contributed by atoms with Gasteiger partial charge in [-0.05, 0) is 28.1 Å². The van der Waals surface area contributed by atoms with Crippen molar-refractivity contribution in [1.29, 1.82) is 0 Å². The molecule has 0 fully saturated rings. The first-order valence-electron chi connectivity index (χ1n) is 3.47. The molecule has 0 aliphatic heterocycles. The van der Waals surface area contributed by atoms with Crippen molar-refractivity contribution in [1.82, 2.24) is 4.98 Å². The Morgan fingerprint density at radius 1 is 1.46 bits per heavy atom. The van der Waals surface area contributed by atoms with Crippen molar-refractivity contribution in [2.75, 3.05) is 5.43 Å². The van der Waals surface area contributed by atoms with E-state index in [1.165, 1.54) is 0 Å². The average Bonchev–Trinajstić information content (AvgIpc) is 2.71. The highest BCUT2D eigenvalue weighted by molar-refractivity contribution is 9.11. The molecule has 0 atom stereocenters. The fourth-order valence-corrected chi connectivity index (χ4v) is 3.10. The Labute approximate surface area is 91.7 Å². The van der Waals surface area contributed by atoms with Crippen molar-refractivity contribution < 1.29 is 0 Å². The van der Waals surface area contributed by atoms with Crippen LogP contribution >= 0.6 is 38.6 Å². The van der Waals surface area contributed by atoms with Crippen molar-refractivity contribution in [3.8, 4) is 9.88 Å². The number of halogens is 1. The zero-order valence-corrected chi connectivity index (χ0v) is 9.67. The highest BCUT2D eigenvalue weighted by atomic mass is 79.9. The number of anilines is 1. The van der Waals surface area contributed by atoms with Crippen molar-refractivity contribution in [2.24, 2.45) is 5.84 Å². The number of hydrogen-bond donors (Lipinski definition) is 2. The molecule has 6 heteroatoms. The highest BCUT2D eigenvalue weighted by Crippen LogP contribution is 2.33. The number of nitrogens with zero attached hydrogens (tertiary/aromatic N) is 1. The summed E-state index contributed by atoms with van der Waals surface area (Å²) in [6.45, 7) is 0. The first-order valence-corrected chi connectivity index (χ1v) is 5.96. The van der Waals surface area contributed by atoms with E-state index >= 15 is 0 Å². The summed E-state index contributed by atoms with van der Waals surface area (Å²) in [4.78, 5) is 5.44. The van der Waals surface area contributed by atoms with Crippen LogP contribution in [0.5, 0.6) is 0 Å². The lowest BCUT2D eigenvalue weighted by molar-refractivity contribution is 1.27. The van der Waals surface area contributed by atoms with Crippen LogP contribution in [0, 0.1) is 0 Å². The molecule has 0 spiro atoms. The van der Waals surface area contributed by atoms with Gasteiger partial charge in [-0.15, -0.1) is 22.7 Å². The van der Waals surface area contributed by atoms with Crippen LogP contribution in [-0.4, -0.2) is 4.98 Å². The predicted octanol–water partition coefficient (Wildman–Crippen LogP) is 2.92. The van der Waals surface area contributed by atoms with Gasteiger partial charge in [-0.25, -0.2) is 10.8 Å². The average molecular weight is 276 g/mol. The monoisotopic (exact) mass is 275 g/mol. The summed E-state index contributed by atoms with van der Waals surface area (Å²) in [7, 11) is 0. The normalized spacial score (nSPS) is 10.3. The molecule has 0 radical (unpaired) electrons. The Balaban J connectivity index is 2.35. The lowest BCUT2D eigenvalue weighted by atomic mass is 10.5. The molecule has 0 unspecified atom stereocenters. The Hall–Kier alpha value is -0.430. The predicted molar refractivity (Wildman–Crippen MR) is 60.9 cm³/mol. The number of nitrogens with two attached hydrogens (primary N) is 1. The van der Waals surface area contributed by atoms with E-state index in [-0.39, 0.29) is 0 Å². The molecule has 0 aliphatic rings. The third-order valence-corrected chi connectivity index (χ3v) is 4.07. The van der Waals surface area contributed by atoms with Crippen molar-refractivity contribution in [3.63, 3.8) is 0 Å². The Morgan fingerprint density at radius 3 is 2.85 bits per heavy atom. The molecule has 0 saturated heterocycles. The molecule has 3 nitrogen and oxygen atoms in total. The second kappa shape index (κ2) is 3.75. The molecule has 2 aromatic heterocycles. The summed E-state index contributed by atoms with van der Waals surface area (Å²) in [6, 6.07) is 4.05. The Kier molecular flexibility index (Phi) is 2.63. The van der Waals surface area contributed by atoms with Gasteiger partial charge in [-0.1, -0.05) is 0 Å². The molecule has 68 valence electrons. The van der Waals surface area contributed by atoms with E-state index in [4.69, 9.17) is 5.84 Å². The van der Waals surface area contributed by atoms with Gasteiger partial charge >= 0.3 is 0 Å². The van der Waals surface area contributed by atoms with E-state index in [0.717, 1.165) is 13.7 Å². The largest absolute Gasteiger partial charge is 0.308 e. The fourth-order valence-electron chi connectivity index (χ4n) is 0.882. The van der Waals surface area contributed by atoms with Gasteiger partial charge in [-0.2, -0.15) is 0 Å². The number of thiophene rings is 1. The van der Waals surface area contributed by atoms with E-state index < -0.39 is 0 Å². The maximum absolute atomic E-state index is 5.23. The van der Waals surface area contributed by atoms with Gasteiger partial charge in [0.25, 0.3) is 0 Å². The smallest absolute Gasteiger partial charge is 0.151 e. The Morgan fingerprint density at radius 2 is 2.31 bits per heavy atom. The van der Waals surface area contributed by atoms with Crippen molar-refractivity contribution in [3.05, 3.63) is 21.3 Å². The van der Waals surface area contributed by atoms with Crippen LogP contribution in [0.4, 0.5) is 5.82 Å². The number of nitrogen functional groups attached to an aromatic ring is 1. The van der Waals surface area contributed by atoms with Gasteiger partial charge in [-0.3, -0.25) is 0 Å². The molecule has 0 aliphatic carbocycles. The summed E-state index contributed by atoms with van der Waals surface area (Å²) < 4.78 is 1.11. The van der Waals surface area contributed by atoms with Crippen LogP contribution in [0.15, 0.2) is 21.3 Å². The molecule has 2 rings (SSSR count). The molecule has 0 amide bonds. The SMILES string of the molecule is NNc1csc(-c2ccc(Br)s2)n1. The second-order valence-electron chi connectivity index (χ2n) is 2.29. The topological polar surface area (TPSA) is 50.9 Å². The highest BCUT2D eigenvalue weighted by Gasteiger charge is 2.05. The quantitative estimate of drug-likeness (QED) is 0.655. The second-order valence-corrected chi connectivity index (χ2v) is 5.61. The minimum atomic E-state index is 0.713. The van der Waals surface area contributed by atoms with Gasteiger partial charge < -0.3 is 5.43 Å². The van der Waals surface area contributed by atoms with Gasteiger partial charge in [0.05, 0.1) is 8.66 Å². The number of hydrazine groups is 1. The molecule has 13 heavy (non-hydrogen) atoms. The van der Waals surface area contributed by atoms with E-state index in [2.05, 4.69) is 26.3 Å². The fraction of sp³-hybridized carbons (Fsp3) is 0. The van der Waals surface area contributed by atoms with E-state index in [1.807, 2.05) is 17.5 Å². The summed E-state index contributed by atoms with van der Waals surface area (Å²) in [5, 5.41) is 2.88. The number of nitrogens with one attached hydrogen (secondary N) is 1. The summed E-state index contributed by atoms with van der Waals surface area (Å²) in [6.07, 6.45) is 0. The van der Waals surface area contributed by atoms with Gasteiger partial charge in [0, 0.05) is 5.38 Å². The number of hydrogen-bond acceptors (Lipinski definition) is 5. The van der Waals surface area contributed by atoms with Crippen LogP contribution in [-0.2, 0) is 0 Å². The molecule has 2 aromatic rings. The third kappa shape index (κ3) is 1.91. The molecular weight excluding hydrogens is 270 g/mol. The van der Waals surface area contributed by atoms with Crippen LogP contribution in [0.2, 0.25) is 0 Å². The van der Waals surface area contributed by atoms with Crippen molar-refractivity contribution in [2.45, 2.75) is 0 Å². The summed E-state index contributed by atoms with van der Waals surface area (Å²) >= 11 is 6.65. The number of aromatic nitrogens is 1. The third-order valence-electron chi connectivity index (χ3n) is 1.44. The number of rotatable bonds is 2. The van der Waals surface area contributed by atoms with E-state index in [0.29, 0.717) is 5.82 Å². The lowest BCUT2D eigenvalue weighted by Gasteiger charge is -1.89. The maximum Gasteiger partial charge on any atom is 0.151 e. The minimum absolute atomic E-state index is 0.713. The van der Waals surface area contributed by atoms with Crippen LogP contribution in [0.25, 0.3) is 9.88 Å². The van der Waals surface area contributed by atoms with E-state index in [9.17, 15) is 0 Å². The zero-order chi connectivity index (χ0) is 9.26. The van der Waals surface area contributed by atoms with E-state index in [1.54, 1.807) is 22.7 Å². The number of thiazole rings is 1. The van der Waals surface area contributed by atoms with Gasteiger partial charge in [0.15, 0.2) is 5.82 Å². The minimum Gasteiger partial charge on any atom is -0.308 e. The van der Waals surface area contributed by atoms with Crippen LogP contribution in [0.3, 0.4) is 0 Å². The standard InChI is InChI=1S/C7H6BrN3S2/c8-5-2-1-4(13-5)7-10-6(11-9)3-12-7/h1-3,11H,9H2. The maximum atomic E-state index is 5.23. The molecule has 0 saturated carbocycles. The van der Waals surface area contributed by atoms with Gasteiger partial charge in [0.2, 0.25) is 0 Å². The molecular formula is C7H6BrN3S2. The lowest BCUT2D eigenvalue weighted by Crippen LogP contribution is -2.06. The van der Waals surface area contributed by atoms with Crippen molar-refractivity contribution >= 4 is 44.4 Å². The summed E-state index contributed by atoms with van der Waals surface area (Å²) in [5.74, 6) is 5.95. The molecule has 2 heterocycles. The van der Waals surface area contributed by atoms with Gasteiger partial charge in [0.1, 0.15) is 5.01 Å². The Bertz CT molecular complexity index is 409. The van der Waals surface area contributed by atoms with Crippen LogP contribution in [0.1, 0.15) is 0 Å². The van der Waals surface area contributed by atoms with Crippen LogP contribution < -0.4 is 11.3 Å². The molecule has 0 aromatic carbocycles. The molecule has 0 bridgehead atoms. The summed E-state index contributed by atoms with van der Waals surface area (Å²) in [5.41, 5.74) is 2.52. The molecule has 3 N–H and O–H groups in total. The first kappa shape index (κ1) is 9.14. The zero-order valence-electron chi connectivity index (χ0n) is 6.45. The first-order chi connectivity index (χ1) is 6.29.